The predicted molar refractivity (Wildman–Crippen MR) is 111 cm³/mol. The first-order valence-electron chi connectivity index (χ1n) is 9.30. The molecule has 4 heteroatoms. The number of benzene rings is 3. The predicted octanol–water partition coefficient (Wildman–Crippen LogP) is 4.65. The smallest absolute Gasteiger partial charge is 0.325 e. The van der Waals surface area contributed by atoms with Crippen LogP contribution >= 0.6 is 0 Å². The molecule has 1 atom stereocenters. The van der Waals surface area contributed by atoms with Crippen LogP contribution in [-0.2, 0) is 9.53 Å². The van der Waals surface area contributed by atoms with Gasteiger partial charge in [-0.15, -0.1) is 0 Å². The SMILES string of the molecule is COC(=O)CN1C(c2ccccc2)=Nc2ccccc2[C@@H]1c1ccc(C)cc1. The van der Waals surface area contributed by atoms with Crippen molar-refractivity contribution in [3.63, 3.8) is 0 Å². The maximum Gasteiger partial charge on any atom is 0.325 e. The van der Waals surface area contributed by atoms with Crippen molar-refractivity contribution in [1.29, 1.82) is 0 Å². The van der Waals surface area contributed by atoms with E-state index >= 15 is 0 Å². The second-order valence-electron chi connectivity index (χ2n) is 6.88. The summed E-state index contributed by atoms with van der Waals surface area (Å²) in [4.78, 5) is 19.2. The maximum atomic E-state index is 12.3. The van der Waals surface area contributed by atoms with E-state index in [1.54, 1.807) is 0 Å². The number of amidine groups is 1. The number of carbonyl (C=O) groups excluding carboxylic acids is 1. The van der Waals surface area contributed by atoms with E-state index in [1.165, 1.54) is 12.7 Å². The van der Waals surface area contributed by atoms with Crippen molar-refractivity contribution in [2.24, 2.45) is 4.99 Å². The quantitative estimate of drug-likeness (QED) is 0.628. The highest BCUT2D eigenvalue weighted by Crippen LogP contribution is 2.40. The van der Waals surface area contributed by atoms with Crippen LogP contribution in [0.15, 0.2) is 83.9 Å². The maximum absolute atomic E-state index is 12.3. The Morgan fingerprint density at radius 1 is 0.964 bits per heavy atom. The summed E-state index contributed by atoms with van der Waals surface area (Å²) in [5.41, 5.74) is 5.29. The van der Waals surface area contributed by atoms with E-state index in [2.05, 4.69) is 37.3 Å². The molecule has 4 nitrogen and oxygen atoms in total. The zero-order valence-electron chi connectivity index (χ0n) is 16.0. The number of aliphatic imine (C=N–C) groups is 1. The molecule has 0 N–H and O–H groups in total. The van der Waals surface area contributed by atoms with Crippen LogP contribution in [0.4, 0.5) is 5.69 Å². The first kappa shape index (κ1) is 18.0. The molecule has 0 aliphatic carbocycles. The van der Waals surface area contributed by atoms with Gasteiger partial charge in [-0.3, -0.25) is 4.79 Å². The summed E-state index contributed by atoms with van der Waals surface area (Å²) in [5, 5.41) is 0. The third kappa shape index (κ3) is 3.41. The summed E-state index contributed by atoms with van der Waals surface area (Å²) in [6.07, 6.45) is 0. The number of hydrogen-bond donors (Lipinski definition) is 0. The number of para-hydroxylation sites is 1. The summed E-state index contributed by atoms with van der Waals surface area (Å²) < 4.78 is 4.99. The van der Waals surface area contributed by atoms with Gasteiger partial charge in [-0.25, -0.2) is 4.99 Å². The van der Waals surface area contributed by atoms with Crippen molar-refractivity contribution in [3.05, 3.63) is 101 Å². The molecule has 140 valence electrons. The number of methoxy groups -OCH3 is 1. The summed E-state index contributed by atoms with van der Waals surface area (Å²) in [5.74, 6) is 0.482. The Bertz CT molecular complexity index is 1010. The lowest BCUT2D eigenvalue weighted by Gasteiger charge is -2.38. The van der Waals surface area contributed by atoms with Gasteiger partial charge in [0.05, 0.1) is 18.8 Å². The van der Waals surface area contributed by atoms with E-state index in [0.29, 0.717) is 0 Å². The van der Waals surface area contributed by atoms with Crippen molar-refractivity contribution in [2.75, 3.05) is 13.7 Å². The highest BCUT2D eigenvalue weighted by molar-refractivity contribution is 6.03. The molecule has 3 aromatic rings. The minimum atomic E-state index is -0.292. The number of esters is 1. The zero-order chi connectivity index (χ0) is 19.5. The molecule has 0 unspecified atom stereocenters. The second-order valence-corrected chi connectivity index (χ2v) is 6.88. The van der Waals surface area contributed by atoms with Crippen molar-refractivity contribution in [3.8, 4) is 0 Å². The first-order valence-corrected chi connectivity index (χ1v) is 9.30. The first-order chi connectivity index (χ1) is 13.7. The molecule has 1 aliphatic heterocycles. The Morgan fingerprint density at radius 2 is 1.64 bits per heavy atom. The topological polar surface area (TPSA) is 41.9 Å². The molecule has 28 heavy (non-hydrogen) atoms. The lowest BCUT2D eigenvalue weighted by Crippen LogP contribution is -2.42. The van der Waals surface area contributed by atoms with E-state index in [9.17, 15) is 4.79 Å². The molecule has 1 heterocycles. The van der Waals surface area contributed by atoms with Gasteiger partial charge in [0.2, 0.25) is 0 Å². The van der Waals surface area contributed by atoms with Gasteiger partial charge in [-0.1, -0.05) is 78.4 Å². The van der Waals surface area contributed by atoms with Gasteiger partial charge < -0.3 is 9.64 Å². The van der Waals surface area contributed by atoms with Gasteiger partial charge in [0.15, 0.2) is 0 Å². The Morgan fingerprint density at radius 3 is 2.36 bits per heavy atom. The molecule has 3 aromatic carbocycles. The molecule has 0 bridgehead atoms. The van der Waals surface area contributed by atoms with Gasteiger partial charge in [-0.2, -0.15) is 0 Å². The Hall–Kier alpha value is -3.40. The van der Waals surface area contributed by atoms with Crippen LogP contribution < -0.4 is 0 Å². The fourth-order valence-corrected chi connectivity index (χ4v) is 3.58. The van der Waals surface area contributed by atoms with Crippen LogP contribution in [0.3, 0.4) is 0 Å². The van der Waals surface area contributed by atoms with E-state index < -0.39 is 0 Å². The Labute approximate surface area is 165 Å². The Balaban J connectivity index is 1.91. The molecule has 0 amide bonds. The summed E-state index contributed by atoms with van der Waals surface area (Å²) in [6, 6.07) is 26.4. The lowest BCUT2D eigenvalue weighted by atomic mass is 9.92. The van der Waals surface area contributed by atoms with Crippen LogP contribution in [0, 0.1) is 6.92 Å². The van der Waals surface area contributed by atoms with Crippen LogP contribution in [0.2, 0.25) is 0 Å². The minimum absolute atomic E-state index is 0.122. The fourth-order valence-electron chi connectivity index (χ4n) is 3.58. The standard InChI is InChI=1S/C24H22N2O2/c1-17-12-14-18(15-13-17)23-20-10-6-7-11-21(20)25-24(19-8-4-3-5-9-19)26(23)16-22(27)28-2/h3-15,23H,16H2,1-2H3/t23-/m0/s1. The highest BCUT2D eigenvalue weighted by Gasteiger charge is 2.33. The van der Waals surface area contributed by atoms with E-state index in [4.69, 9.17) is 9.73 Å². The van der Waals surface area contributed by atoms with Crippen molar-refractivity contribution < 1.29 is 9.53 Å². The largest absolute Gasteiger partial charge is 0.468 e. The molecular weight excluding hydrogens is 348 g/mol. The third-order valence-corrected chi connectivity index (χ3v) is 4.99. The van der Waals surface area contributed by atoms with E-state index in [-0.39, 0.29) is 18.6 Å². The molecule has 0 spiro atoms. The van der Waals surface area contributed by atoms with E-state index in [0.717, 1.165) is 28.2 Å². The monoisotopic (exact) mass is 370 g/mol. The number of aryl methyl sites for hydroxylation is 1. The number of hydrogen-bond acceptors (Lipinski definition) is 4. The lowest BCUT2D eigenvalue weighted by molar-refractivity contribution is -0.141. The highest BCUT2D eigenvalue weighted by atomic mass is 16.5. The van der Waals surface area contributed by atoms with Gasteiger partial charge in [-0.05, 0) is 18.6 Å². The van der Waals surface area contributed by atoms with Gasteiger partial charge >= 0.3 is 5.97 Å². The normalized spacial score (nSPS) is 15.6. The van der Waals surface area contributed by atoms with E-state index in [1.807, 2.05) is 53.4 Å². The molecule has 1 aliphatic rings. The van der Waals surface area contributed by atoms with Crippen molar-refractivity contribution in [2.45, 2.75) is 13.0 Å². The number of fused-ring (bicyclic) bond motifs is 1. The molecule has 0 saturated heterocycles. The molecule has 0 aromatic heterocycles. The molecule has 0 radical (unpaired) electrons. The molecule has 4 rings (SSSR count). The molecule has 0 fully saturated rings. The molecule has 0 saturated carbocycles. The van der Waals surface area contributed by atoms with Gasteiger partial charge in [0, 0.05) is 11.1 Å². The zero-order valence-corrected chi connectivity index (χ0v) is 16.0. The number of rotatable bonds is 4. The average molecular weight is 370 g/mol. The van der Waals surface area contributed by atoms with Crippen LogP contribution in [0.5, 0.6) is 0 Å². The van der Waals surface area contributed by atoms with Crippen molar-refractivity contribution in [1.82, 2.24) is 4.90 Å². The average Bonchev–Trinajstić information content (AvgIpc) is 2.74. The summed E-state index contributed by atoms with van der Waals surface area (Å²) in [7, 11) is 1.42. The van der Waals surface area contributed by atoms with Crippen molar-refractivity contribution >= 4 is 17.5 Å². The summed E-state index contributed by atoms with van der Waals surface area (Å²) in [6.45, 7) is 2.19. The van der Waals surface area contributed by atoms with Gasteiger partial charge in [0.1, 0.15) is 12.4 Å². The minimum Gasteiger partial charge on any atom is -0.468 e. The number of carbonyl (C=O) groups is 1. The fraction of sp³-hybridized carbons (Fsp3) is 0.167. The van der Waals surface area contributed by atoms with Crippen LogP contribution in [0.1, 0.15) is 28.3 Å². The molecular formula is C24H22N2O2. The second kappa shape index (κ2) is 7.69. The summed E-state index contributed by atoms with van der Waals surface area (Å²) >= 11 is 0. The third-order valence-electron chi connectivity index (χ3n) is 4.99. The van der Waals surface area contributed by atoms with Gasteiger partial charge in [0.25, 0.3) is 0 Å². The number of nitrogens with zero attached hydrogens (tertiary/aromatic N) is 2. The van der Waals surface area contributed by atoms with Crippen LogP contribution in [-0.4, -0.2) is 30.4 Å². The Kier molecular flexibility index (Phi) is 4.94. The van der Waals surface area contributed by atoms with Crippen LogP contribution in [0.25, 0.3) is 0 Å². The number of ether oxygens (including phenoxy) is 1.